The summed E-state index contributed by atoms with van der Waals surface area (Å²) in [6.45, 7) is 2.10. The lowest BCUT2D eigenvalue weighted by molar-refractivity contribution is -0.143. The molecular weight excluding hydrogens is 286 g/mol. The first-order chi connectivity index (χ1) is 10.1. The second kappa shape index (κ2) is 7.61. The van der Waals surface area contributed by atoms with Gasteiger partial charge < -0.3 is 10.0 Å². The first-order valence-electron chi connectivity index (χ1n) is 7.22. The zero-order valence-electron chi connectivity index (χ0n) is 12.2. The van der Waals surface area contributed by atoms with Gasteiger partial charge in [0.15, 0.2) is 5.78 Å². The van der Waals surface area contributed by atoms with E-state index in [0.717, 1.165) is 29.8 Å². The van der Waals surface area contributed by atoms with E-state index in [4.69, 9.17) is 5.11 Å². The Labute approximate surface area is 129 Å². The second-order valence-electron chi connectivity index (χ2n) is 5.38. The molecule has 5 heteroatoms. The molecule has 1 N–H and O–H groups in total. The van der Waals surface area contributed by atoms with Crippen LogP contribution in [0.5, 0.6) is 0 Å². The molecule has 1 saturated heterocycles. The third-order valence-electron chi connectivity index (χ3n) is 3.92. The zero-order valence-corrected chi connectivity index (χ0v) is 13.1. The minimum Gasteiger partial charge on any atom is -0.481 e. The molecule has 1 aromatic carbocycles. The normalized spacial score (nSPS) is 19.4. The highest BCUT2D eigenvalue weighted by atomic mass is 32.2. The van der Waals surface area contributed by atoms with Gasteiger partial charge in [-0.25, -0.2) is 0 Å². The number of aliphatic carboxylic acids is 1. The van der Waals surface area contributed by atoms with Crippen molar-refractivity contribution in [2.45, 2.75) is 24.2 Å². The van der Waals surface area contributed by atoms with Crippen molar-refractivity contribution >= 4 is 23.5 Å². The van der Waals surface area contributed by atoms with E-state index in [0.29, 0.717) is 19.5 Å². The maximum absolute atomic E-state index is 12.2. The van der Waals surface area contributed by atoms with Crippen molar-refractivity contribution in [3.05, 3.63) is 29.8 Å². The van der Waals surface area contributed by atoms with Crippen LogP contribution < -0.4 is 0 Å². The fraction of sp³-hybridized carbons (Fsp3) is 0.500. The number of carboxylic acid groups (broad SMARTS) is 1. The molecule has 1 aliphatic rings. The number of rotatable bonds is 6. The average molecular weight is 307 g/mol. The van der Waals surface area contributed by atoms with Crippen LogP contribution in [-0.4, -0.2) is 47.6 Å². The molecule has 1 fully saturated rings. The number of Topliss-reactive ketones (excluding diaryl/α,β-unsaturated/α-hetero) is 1. The largest absolute Gasteiger partial charge is 0.481 e. The molecule has 0 amide bonds. The predicted molar refractivity (Wildman–Crippen MR) is 84.0 cm³/mol. The summed E-state index contributed by atoms with van der Waals surface area (Å²) in [5, 5.41) is 9.07. The number of benzene rings is 1. The van der Waals surface area contributed by atoms with E-state index in [1.54, 1.807) is 11.8 Å². The Balaban J connectivity index is 1.84. The van der Waals surface area contributed by atoms with Crippen LogP contribution in [0.4, 0.5) is 0 Å². The highest BCUT2D eigenvalue weighted by Crippen LogP contribution is 2.18. The van der Waals surface area contributed by atoms with Gasteiger partial charge in [-0.3, -0.25) is 9.59 Å². The van der Waals surface area contributed by atoms with Gasteiger partial charge in [0.25, 0.3) is 0 Å². The molecule has 21 heavy (non-hydrogen) atoms. The average Bonchev–Trinajstić information content (AvgIpc) is 2.53. The van der Waals surface area contributed by atoms with Crippen molar-refractivity contribution in [3.8, 4) is 0 Å². The van der Waals surface area contributed by atoms with Crippen LogP contribution in [0, 0.1) is 5.92 Å². The van der Waals surface area contributed by atoms with Gasteiger partial charge in [0.1, 0.15) is 0 Å². The number of hydrogen-bond acceptors (Lipinski definition) is 4. The lowest BCUT2D eigenvalue weighted by atomic mass is 9.98. The summed E-state index contributed by atoms with van der Waals surface area (Å²) in [6.07, 6.45) is 4.10. The number of carboxylic acids is 1. The van der Waals surface area contributed by atoms with Crippen LogP contribution in [0.3, 0.4) is 0 Å². The Morgan fingerprint density at radius 1 is 1.33 bits per heavy atom. The third kappa shape index (κ3) is 4.58. The van der Waals surface area contributed by atoms with Gasteiger partial charge in [0, 0.05) is 30.0 Å². The number of carbonyl (C=O) groups is 2. The molecule has 1 atom stereocenters. The molecule has 0 radical (unpaired) electrons. The van der Waals surface area contributed by atoms with Gasteiger partial charge in [-0.15, -0.1) is 11.8 Å². The van der Waals surface area contributed by atoms with E-state index in [2.05, 4.69) is 4.90 Å². The smallest absolute Gasteiger partial charge is 0.307 e. The molecular formula is C16H21NO3S. The van der Waals surface area contributed by atoms with E-state index in [1.165, 1.54) is 0 Å². The molecule has 1 unspecified atom stereocenters. The number of hydrogen-bond donors (Lipinski definition) is 1. The monoisotopic (exact) mass is 307 g/mol. The molecule has 0 bridgehead atoms. The van der Waals surface area contributed by atoms with Crippen molar-refractivity contribution in [3.63, 3.8) is 0 Å². The standard InChI is InChI=1S/C16H21NO3S/c1-21-14-6-4-12(5-7-14)15(18)8-10-17-9-2-3-13(11-17)16(19)20/h4-7,13H,2-3,8-11H2,1H3,(H,19,20). The van der Waals surface area contributed by atoms with E-state index < -0.39 is 5.97 Å². The van der Waals surface area contributed by atoms with Gasteiger partial charge in [0.05, 0.1) is 5.92 Å². The number of nitrogens with zero attached hydrogens (tertiary/aromatic N) is 1. The Hall–Kier alpha value is -1.33. The van der Waals surface area contributed by atoms with Crippen LogP contribution in [0.15, 0.2) is 29.2 Å². The summed E-state index contributed by atoms with van der Waals surface area (Å²) < 4.78 is 0. The SMILES string of the molecule is CSc1ccc(C(=O)CCN2CCCC(C(=O)O)C2)cc1. The summed E-state index contributed by atoms with van der Waals surface area (Å²) in [4.78, 5) is 26.4. The summed E-state index contributed by atoms with van der Waals surface area (Å²) in [5.41, 5.74) is 0.736. The first-order valence-corrected chi connectivity index (χ1v) is 8.45. The summed E-state index contributed by atoms with van der Waals surface area (Å²) in [6, 6.07) is 7.65. The molecule has 2 rings (SSSR count). The maximum atomic E-state index is 12.2. The third-order valence-corrected chi connectivity index (χ3v) is 4.67. The summed E-state index contributed by atoms with van der Waals surface area (Å²) in [7, 11) is 0. The van der Waals surface area contributed by atoms with Gasteiger partial charge in [0.2, 0.25) is 0 Å². The fourth-order valence-corrected chi connectivity index (χ4v) is 3.05. The Morgan fingerprint density at radius 2 is 2.05 bits per heavy atom. The quantitative estimate of drug-likeness (QED) is 0.647. The van der Waals surface area contributed by atoms with Crippen molar-refractivity contribution in [1.82, 2.24) is 4.90 Å². The van der Waals surface area contributed by atoms with Crippen molar-refractivity contribution < 1.29 is 14.7 Å². The number of likely N-dealkylation sites (tertiary alicyclic amines) is 1. The fourth-order valence-electron chi connectivity index (χ4n) is 2.64. The van der Waals surface area contributed by atoms with Crippen LogP contribution >= 0.6 is 11.8 Å². The van der Waals surface area contributed by atoms with Crippen LogP contribution in [0.1, 0.15) is 29.6 Å². The minimum absolute atomic E-state index is 0.125. The first kappa shape index (κ1) is 16.0. The highest BCUT2D eigenvalue weighted by molar-refractivity contribution is 7.98. The van der Waals surface area contributed by atoms with Crippen molar-refractivity contribution in [2.75, 3.05) is 25.9 Å². The van der Waals surface area contributed by atoms with Gasteiger partial charge >= 0.3 is 5.97 Å². The van der Waals surface area contributed by atoms with Crippen LogP contribution in [-0.2, 0) is 4.79 Å². The number of carbonyl (C=O) groups excluding carboxylic acids is 1. The van der Waals surface area contributed by atoms with Crippen molar-refractivity contribution in [1.29, 1.82) is 0 Å². The molecule has 1 aromatic rings. The predicted octanol–water partition coefficient (Wildman–Crippen LogP) is 2.78. The topological polar surface area (TPSA) is 57.6 Å². The van der Waals surface area contributed by atoms with E-state index in [9.17, 15) is 9.59 Å². The van der Waals surface area contributed by atoms with Crippen LogP contribution in [0.2, 0.25) is 0 Å². The molecule has 0 aromatic heterocycles. The summed E-state index contributed by atoms with van der Waals surface area (Å²) >= 11 is 1.65. The summed E-state index contributed by atoms with van der Waals surface area (Å²) in [5.74, 6) is -0.881. The maximum Gasteiger partial charge on any atom is 0.307 e. The van der Waals surface area contributed by atoms with Crippen molar-refractivity contribution in [2.24, 2.45) is 5.92 Å². The molecule has 0 aliphatic carbocycles. The molecule has 1 aliphatic heterocycles. The van der Waals surface area contributed by atoms with Gasteiger partial charge in [-0.05, 0) is 37.8 Å². The van der Waals surface area contributed by atoms with E-state index in [1.807, 2.05) is 30.5 Å². The number of thioether (sulfide) groups is 1. The van der Waals surface area contributed by atoms with E-state index >= 15 is 0 Å². The molecule has 0 spiro atoms. The lowest BCUT2D eigenvalue weighted by Gasteiger charge is -2.30. The Kier molecular flexibility index (Phi) is 5.82. The molecule has 1 heterocycles. The number of ketones is 1. The molecule has 0 saturated carbocycles. The molecule has 4 nitrogen and oxygen atoms in total. The lowest BCUT2D eigenvalue weighted by Crippen LogP contribution is -2.39. The highest BCUT2D eigenvalue weighted by Gasteiger charge is 2.25. The zero-order chi connectivity index (χ0) is 15.2. The van der Waals surface area contributed by atoms with E-state index in [-0.39, 0.29) is 11.7 Å². The van der Waals surface area contributed by atoms with Gasteiger partial charge in [-0.1, -0.05) is 12.1 Å². The Morgan fingerprint density at radius 3 is 2.67 bits per heavy atom. The minimum atomic E-state index is -0.723. The second-order valence-corrected chi connectivity index (χ2v) is 6.26. The Bertz CT molecular complexity index is 501. The molecule has 114 valence electrons. The number of piperidine rings is 1. The van der Waals surface area contributed by atoms with Crippen LogP contribution in [0.25, 0.3) is 0 Å². The van der Waals surface area contributed by atoms with Gasteiger partial charge in [-0.2, -0.15) is 0 Å².